The van der Waals surface area contributed by atoms with Gasteiger partial charge in [-0.05, 0) is 29.2 Å². The second kappa shape index (κ2) is 7.70. The van der Waals surface area contributed by atoms with Crippen molar-refractivity contribution in [2.24, 2.45) is 5.41 Å². The number of amides is 4. The van der Waals surface area contributed by atoms with Gasteiger partial charge in [-0.3, -0.25) is 4.90 Å². The molecule has 1 fully saturated rings. The van der Waals surface area contributed by atoms with E-state index in [0.29, 0.717) is 18.8 Å². The first-order valence-corrected chi connectivity index (χ1v) is 9.12. The largest absolute Gasteiger partial charge is 0.336 e. The predicted molar refractivity (Wildman–Crippen MR) is 108 cm³/mol. The van der Waals surface area contributed by atoms with Gasteiger partial charge in [0.25, 0.3) is 0 Å². The monoisotopic (exact) mass is 366 g/mol. The predicted octanol–water partition coefficient (Wildman–Crippen LogP) is 4.13. The second-order valence-corrected chi connectivity index (χ2v) is 7.74. The quantitative estimate of drug-likeness (QED) is 0.761. The number of benzene rings is 2. The molecule has 1 aliphatic heterocycles. The summed E-state index contributed by atoms with van der Waals surface area (Å²) in [4.78, 5) is 26.1. The number of carbonyl (C=O) groups excluding carboxylic acids is 2. The highest BCUT2D eigenvalue weighted by Crippen LogP contribution is 2.32. The Kier molecular flexibility index (Phi) is 5.35. The maximum Gasteiger partial charge on any atom is 0.321 e. The van der Waals surface area contributed by atoms with Crippen molar-refractivity contribution in [1.82, 2.24) is 10.6 Å². The van der Waals surface area contributed by atoms with Gasteiger partial charge in [-0.15, -0.1) is 0 Å². The highest BCUT2D eigenvalue weighted by Gasteiger charge is 2.28. The molecule has 3 rings (SSSR count). The fourth-order valence-corrected chi connectivity index (χ4v) is 3.21. The fourth-order valence-electron chi connectivity index (χ4n) is 3.21. The molecule has 27 heavy (non-hydrogen) atoms. The number of urea groups is 2. The van der Waals surface area contributed by atoms with Crippen molar-refractivity contribution in [2.45, 2.75) is 26.8 Å². The van der Waals surface area contributed by atoms with Crippen molar-refractivity contribution in [2.75, 3.05) is 23.3 Å². The van der Waals surface area contributed by atoms with E-state index in [-0.39, 0.29) is 23.5 Å². The molecule has 6 nitrogen and oxygen atoms in total. The Morgan fingerprint density at radius 2 is 1.85 bits per heavy atom. The zero-order chi connectivity index (χ0) is 19.4. The molecule has 0 aromatic heterocycles. The Labute approximate surface area is 159 Å². The molecule has 2 aromatic carbocycles. The summed E-state index contributed by atoms with van der Waals surface area (Å²) >= 11 is 0. The van der Waals surface area contributed by atoms with Gasteiger partial charge in [0, 0.05) is 24.5 Å². The Bertz CT molecular complexity index is 814. The van der Waals surface area contributed by atoms with E-state index in [0.717, 1.165) is 11.3 Å². The number of nitrogens with one attached hydrogen (secondary N) is 3. The molecule has 0 spiro atoms. The van der Waals surface area contributed by atoms with Crippen molar-refractivity contribution < 1.29 is 9.59 Å². The van der Waals surface area contributed by atoms with Gasteiger partial charge >= 0.3 is 12.1 Å². The van der Waals surface area contributed by atoms with Crippen LogP contribution in [0.25, 0.3) is 0 Å². The van der Waals surface area contributed by atoms with Crippen LogP contribution in [0, 0.1) is 5.41 Å². The van der Waals surface area contributed by atoms with Gasteiger partial charge in [0.2, 0.25) is 0 Å². The van der Waals surface area contributed by atoms with Crippen LogP contribution in [-0.4, -0.2) is 25.2 Å². The van der Waals surface area contributed by atoms with Gasteiger partial charge in [-0.1, -0.05) is 57.2 Å². The summed E-state index contributed by atoms with van der Waals surface area (Å²) in [6.07, 6.45) is 0. The molecular formula is C21H26N4O2. The molecule has 1 saturated heterocycles. The number of anilines is 2. The van der Waals surface area contributed by atoms with Crippen molar-refractivity contribution in [1.29, 1.82) is 0 Å². The van der Waals surface area contributed by atoms with Crippen LogP contribution in [0.5, 0.6) is 0 Å². The van der Waals surface area contributed by atoms with Crippen molar-refractivity contribution in [3.8, 4) is 0 Å². The summed E-state index contributed by atoms with van der Waals surface area (Å²) in [5, 5.41) is 8.74. The summed E-state index contributed by atoms with van der Waals surface area (Å²) in [5.74, 6) is 0. The number of carbonyl (C=O) groups is 2. The van der Waals surface area contributed by atoms with Crippen LogP contribution in [-0.2, 0) is 0 Å². The second-order valence-electron chi connectivity index (χ2n) is 7.74. The molecule has 2 aromatic rings. The number of nitrogens with zero attached hydrogens (tertiary/aromatic N) is 1. The SMILES string of the molecule is CC(C)(C)C(NC(=O)Nc1cccc(N2CCNC2=O)c1)c1ccccc1. The molecular weight excluding hydrogens is 340 g/mol. The highest BCUT2D eigenvalue weighted by molar-refractivity contribution is 5.95. The first-order valence-electron chi connectivity index (χ1n) is 9.12. The molecule has 0 bridgehead atoms. The average Bonchev–Trinajstić information content (AvgIpc) is 3.06. The van der Waals surface area contributed by atoms with Gasteiger partial charge < -0.3 is 16.0 Å². The molecule has 1 unspecified atom stereocenters. The van der Waals surface area contributed by atoms with Gasteiger partial charge in [-0.2, -0.15) is 0 Å². The van der Waals surface area contributed by atoms with E-state index < -0.39 is 0 Å². The molecule has 142 valence electrons. The van der Waals surface area contributed by atoms with E-state index >= 15 is 0 Å². The lowest BCUT2D eigenvalue weighted by molar-refractivity contribution is 0.229. The van der Waals surface area contributed by atoms with E-state index in [2.05, 4.69) is 36.7 Å². The van der Waals surface area contributed by atoms with E-state index in [1.807, 2.05) is 48.5 Å². The summed E-state index contributed by atoms with van der Waals surface area (Å²) in [5.41, 5.74) is 2.32. The number of rotatable bonds is 4. The van der Waals surface area contributed by atoms with Crippen LogP contribution in [0.4, 0.5) is 21.0 Å². The van der Waals surface area contributed by atoms with E-state index in [9.17, 15) is 9.59 Å². The molecule has 3 N–H and O–H groups in total. The Morgan fingerprint density at radius 3 is 2.48 bits per heavy atom. The fraction of sp³-hybridized carbons (Fsp3) is 0.333. The van der Waals surface area contributed by atoms with E-state index in [1.165, 1.54) is 0 Å². The van der Waals surface area contributed by atoms with Crippen LogP contribution in [0.2, 0.25) is 0 Å². The Hall–Kier alpha value is -3.02. The minimum Gasteiger partial charge on any atom is -0.336 e. The van der Waals surface area contributed by atoms with Gasteiger partial charge in [0.1, 0.15) is 0 Å². The maximum absolute atomic E-state index is 12.6. The van der Waals surface area contributed by atoms with Crippen LogP contribution in [0.3, 0.4) is 0 Å². The lowest BCUT2D eigenvalue weighted by Crippen LogP contribution is -2.39. The first kappa shape index (κ1) is 18.8. The molecule has 4 amide bonds. The highest BCUT2D eigenvalue weighted by atomic mass is 16.2. The maximum atomic E-state index is 12.6. The van der Waals surface area contributed by atoms with Gasteiger partial charge in [-0.25, -0.2) is 9.59 Å². The minimum atomic E-state index is -0.276. The molecule has 1 atom stereocenters. The summed E-state index contributed by atoms with van der Waals surface area (Å²) < 4.78 is 0. The first-order chi connectivity index (χ1) is 12.8. The summed E-state index contributed by atoms with van der Waals surface area (Å²) in [6, 6.07) is 16.7. The topological polar surface area (TPSA) is 73.5 Å². The van der Waals surface area contributed by atoms with Gasteiger partial charge in [0.05, 0.1) is 6.04 Å². The lowest BCUT2D eigenvalue weighted by Gasteiger charge is -2.32. The summed E-state index contributed by atoms with van der Waals surface area (Å²) in [6.45, 7) is 7.53. The normalized spacial score (nSPS) is 15.2. The zero-order valence-electron chi connectivity index (χ0n) is 16.0. The third-order valence-corrected chi connectivity index (χ3v) is 4.55. The molecule has 1 aliphatic rings. The lowest BCUT2D eigenvalue weighted by atomic mass is 9.82. The third kappa shape index (κ3) is 4.58. The van der Waals surface area contributed by atoms with E-state index in [1.54, 1.807) is 11.0 Å². The molecule has 0 aliphatic carbocycles. The van der Waals surface area contributed by atoms with Crippen molar-refractivity contribution in [3.05, 3.63) is 60.2 Å². The standard InChI is InChI=1S/C21H26N4O2/c1-21(2,3)18(15-8-5-4-6-9-15)24-19(26)23-16-10-7-11-17(14-16)25-13-12-22-20(25)27/h4-11,14,18H,12-13H2,1-3H3,(H,22,27)(H2,23,24,26). The molecule has 6 heteroatoms. The van der Waals surface area contributed by atoms with Crippen LogP contribution in [0.1, 0.15) is 32.4 Å². The van der Waals surface area contributed by atoms with Crippen molar-refractivity contribution in [3.63, 3.8) is 0 Å². The molecule has 0 saturated carbocycles. The minimum absolute atomic E-state index is 0.117. The van der Waals surface area contributed by atoms with E-state index in [4.69, 9.17) is 0 Å². The smallest absolute Gasteiger partial charge is 0.321 e. The Balaban J connectivity index is 1.72. The van der Waals surface area contributed by atoms with Crippen LogP contribution in [0.15, 0.2) is 54.6 Å². The zero-order valence-corrected chi connectivity index (χ0v) is 16.0. The third-order valence-electron chi connectivity index (χ3n) is 4.55. The number of hydrogen-bond donors (Lipinski definition) is 3. The van der Waals surface area contributed by atoms with Gasteiger partial charge in [0.15, 0.2) is 0 Å². The Morgan fingerprint density at radius 1 is 1.11 bits per heavy atom. The molecule has 0 radical (unpaired) electrons. The molecule has 1 heterocycles. The summed E-state index contributed by atoms with van der Waals surface area (Å²) in [7, 11) is 0. The van der Waals surface area contributed by atoms with Crippen LogP contribution >= 0.6 is 0 Å². The average molecular weight is 366 g/mol. The number of hydrogen-bond acceptors (Lipinski definition) is 2. The van der Waals surface area contributed by atoms with Crippen LogP contribution < -0.4 is 20.9 Å². The van der Waals surface area contributed by atoms with Crippen molar-refractivity contribution >= 4 is 23.4 Å².